The zero-order chi connectivity index (χ0) is 18.2. The molecule has 0 amide bonds. The lowest BCUT2D eigenvalue weighted by atomic mass is 9.97. The van der Waals surface area contributed by atoms with Crippen LogP contribution >= 0.6 is 0 Å². The number of rotatable bonds is 4. The quantitative estimate of drug-likeness (QED) is 0.232. The van der Waals surface area contributed by atoms with Crippen LogP contribution in [0, 0.1) is 11.8 Å². The van der Waals surface area contributed by atoms with E-state index in [2.05, 4.69) is 16.6 Å². The van der Waals surface area contributed by atoms with E-state index in [4.69, 9.17) is 0 Å². The summed E-state index contributed by atoms with van der Waals surface area (Å²) < 4.78 is 0. The lowest BCUT2D eigenvalue weighted by Gasteiger charge is -2.01. The summed E-state index contributed by atoms with van der Waals surface area (Å²) in [5.41, 5.74) is 12.2. The monoisotopic (exact) mass is 336 g/mol. The first-order chi connectivity index (χ1) is 12.8. The molecule has 0 saturated carbocycles. The Morgan fingerprint density at radius 2 is 1.42 bits per heavy atom. The van der Waals surface area contributed by atoms with Gasteiger partial charge in [-0.1, -0.05) is 72.5 Å². The third kappa shape index (κ3) is 4.21. The van der Waals surface area contributed by atoms with Crippen molar-refractivity contribution in [2.75, 3.05) is 0 Å². The smallest absolute Gasteiger partial charge is 0.343 e. The molecular weight excluding hydrogens is 320 g/mol. The van der Waals surface area contributed by atoms with Crippen LogP contribution in [-0.4, -0.2) is 16.3 Å². The van der Waals surface area contributed by atoms with Gasteiger partial charge in [0.25, 0.3) is 5.78 Å². The fourth-order valence-corrected chi connectivity index (χ4v) is 2.56. The van der Waals surface area contributed by atoms with Gasteiger partial charge in [-0.05, 0) is 29.8 Å². The number of carbonyl (C=O) groups excluding carboxylic acids is 1. The van der Waals surface area contributed by atoms with Crippen LogP contribution < -0.4 is 0 Å². The van der Waals surface area contributed by atoms with Gasteiger partial charge in [0.1, 0.15) is 0 Å². The average molecular weight is 336 g/mol. The number of hydrogen-bond donors (Lipinski definition) is 0. The molecule has 0 aliphatic heterocycles. The maximum Gasteiger partial charge on any atom is 0.343 e. The van der Waals surface area contributed by atoms with E-state index in [1.807, 2.05) is 66.7 Å². The van der Waals surface area contributed by atoms with Crippen LogP contribution in [-0.2, 0) is 6.42 Å². The normalized spacial score (nSPS) is 9.54. The summed E-state index contributed by atoms with van der Waals surface area (Å²) in [7, 11) is 0. The number of hydrogen-bond acceptors (Lipinski definition) is 1. The molecule has 0 unspecified atom stereocenters. The summed E-state index contributed by atoms with van der Waals surface area (Å²) in [4.78, 5) is 16.1. The van der Waals surface area contributed by atoms with Gasteiger partial charge in [0, 0.05) is 16.7 Å². The zero-order valence-corrected chi connectivity index (χ0v) is 14.1. The standard InChI is InChI=1S/C23H16N2O/c24-25-22(17-19-11-5-2-6-12-19)23(26)21-14-8-7-13-20(21)16-15-18-9-3-1-4-10-18/h1-14H,17H2. The van der Waals surface area contributed by atoms with Crippen molar-refractivity contribution in [3.8, 4) is 11.8 Å². The average Bonchev–Trinajstić information content (AvgIpc) is 2.72. The summed E-state index contributed by atoms with van der Waals surface area (Å²) in [6, 6.07) is 26.1. The molecule has 0 radical (unpaired) electrons. The van der Waals surface area contributed by atoms with Gasteiger partial charge in [-0.2, -0.15) is 4.79 Å². The molecule has 26 heavy (non-hydrogen) atoms. The van der Waals surface area contributed by atoms with Crippen molar-refractivity contribution < 1.29 is 9.58 Å². The maximum absolute atomic E-state index is 12.9. The predicted molar refractivity (Wildman–Crippen MR) is 102 cm³/mol. The van der Waals surface area contributed by atoms with Gasteiger partial charge >= 0.3 is 5.71 Å². The number of benzene rings is 3. The van der Waals surface area contributed by atoms with Crippen LogP contribution in [0.2, 0.25) is 0 Å². The zero-order valence-electron chi connectivity index (χ0n) is 14.1. The van der Waals surface area contributed by atoms with Crippen LogP contribution in [0.5, 0.6) is 0 Å². The Kier molecular flexibility index (Phi) is 5.52. The lowest BCUT2D eigenvalue weighted by Crippen LogP contribution is -2.19. The highest BCUT2D eigenvalue weighted by Gasteiger charge is 2.24. The van der Waals surface area contributed by atoms with Crippen LogP contribution in [0.4, 0.5) is 0 Å². The van der Waals surface area contributed by atoms with Crippen molar-refractivity contribution in [1.29, 1.82) is 0 Å². The number of carbonyl (C=O) groups is 1. The number of ketones is 1. The third-order valence-corrected chi connectivity index (χ3v) is 3.88. The minimum atomic E-state index is -0.325. The van der Waals surface area contributed by atoms with Gasteiger partial charge in [-0.3, -0.25) is 4.79 Å². The summed E-state index contributed by atoms with van der Waals surface area (Å²) in [5.74, 6) is 5.78. The molecule has 124 valence electrons. The van der Waals surface area contributed by atoms with E-state index in [1.54, 1.807) is 18.2 Å². The molecule has 0 aromatic heterocycles. The van der Waals surface area contributed by atoms with E-state index >= 15 is 0 Å². The molecular formula is C23H16N2O. The first kappa shape index (κ1) is 17.1. The molecule has 0 spiro atoms. The molecule has 3 rings (SSSR count). The van der Waals surface area contributed by atoms with E-state index in [1.165, 1.54) is 0 Å². The Morgan fingerprint density at radius 3 is 2.12 bits per heavy atom. The molecule has 0 saturated heterocycles. The van der Waals surface area contributed by atoms with E-state index in [0.29, 0.717) is 11.1 Å². The van der Waals surface area contributed by atoms with Crippen molar-refractivity contribution in [1.82, 2.24) is 0 Å². The Balaban J connectivity index is 1.90. The Labute approximate surface area is 152 Å². The van der Waals surface area contributed by atoms with Gasteiger partial charge in [0.15, 0.2) is 0 Å². The number of Topliss-reactive ketones (excluding diaryl/α,β-unsaturated/α-hetero) is 1. The fraction of sp³-hybridized carbons (Fsp3) is 0.0435. The first-order valence-corrected chi connectivity index (χ1v) is 8.23. The molecule has 0 bridgehead atoms. The first-order valence-electron chi connectivity index (χ1n) is 8.23. The summed E-state index contributed by atoms with van der Waals surface area (Å²) in [6.45, 7) is 0. The van der Waals surface area contributed by atoms with Gasteiger partial charge in [0.2, 0.25) is 0 Å². The molecule has 0 aliphatic carbocycles. The molecule has 3 heteroatoms. The van der Waals surface area contributed by atoms with Crippen LogP contribution in [0.25, 0.3) is 5.53 Å². The lowest BCUT2D eigenvalue weighted by molar-refractivity contribution is -0.00835. The SMILES string of the molecule is [N-]=[N+]=C(Cc1ccccc1)C(=O)c1ccccc1C#Cc1ccccc1. The van der Waals surface area contributed by atoms with Crippen molar-refractivity contribution >= 4 is 11.5 Å². The van der Waals surface area contributed by atoms with Gasteiger partial charge in [0.05, 0.1) is 6.42 Å². The molecule has 0 atom stereocenters. The molecule has 0 N–H and O–H groups in total. The highest BCUT2D eigenvalue weighted by atomic mass is 16.1. The Morgan fingerprint density at radius 1 is 0.808 bits per heavy atom. The summed E-state index contributed by atoms with van der Waals surface area (Å²) in [5, 5.41) is 0. The van der Waals surface area contributed by atoms with Crippen LogP contribution in [0.1, 0.15) is 27.0 Å². The molecule has 3 nitrogen and oxygen atoms in total. The second-order valence-electron chi connectivity index (χ2n) is 5.70. The predicted octanol–water partition coefficient (Wildman–Crippen LogP) is 4.18. The Bertz CT molecular complexity index is 1020. The van der Waals surface area contributed by atoms with Crippen molar-refractivity contribution in [2.24, 2.45) is 0 Å². The van der Waals surface area contributed by atoms with Gasteiger partial charge in [-0.25, -0.2) is 0 Å². The van der Waals surface area contributed by atoms with Gasteiger partial charge in [-0.15, -0.1) is 0 Å². The molecule has 0 fully saturated rings. The van der Waals surface area contributed by atoms with E-state index in [-0.39, 0.29) is 17.9 Å². The number of nitrogens with zero attached hydrogens (tertiary/aromatic N) is 2. The Hall–Kier alpha value is -3.73. The molecule has 3 aromatic rings. The topological polar surface area (TPSA) is 53.5 Å². The van der Waals surface area contributed by atoms with E-state index in [9.17, 15) is 10.3 Å². The van der Waals surface area contributed by atoms with Crippen LogP contribution in [0.3, 0.4) is 0 Å². The minimum Gasteiger partial charge on any atom is -0.361 e. The van der Waals surface area contributed by atoms with Crippen molar-refractivity contribution in [2.45, 2.75) is 6.42 Å². The molecule has 0 aliphatic rings. The second-order valence-corrected chi connectivity index (χ2v) is 5.70. The van der Waals surface area contributed by atoms with Crippen molar-refractivity contribution in [3.05, 3.63) is 113 Å². The van der Waals surface area contributed by atoms with Gasteiger partial charge < -0.3 is 5.53 Å². The summed E-state index contributed by atoms with van der Waals surface area (Å²) in [6.07, 6.45) is 0.261. The maximum atomic E-state index is 12.9. The molecule has 3 aromatic carbocycles. The molecule has 0 heterocycles. The van der Waals surface area contributed by atoms with E-state index < -0.39 is 0 Å². The second kappa shape index (κ2) is 8.39. The highest BCUT2D eigenvalue weighted by molar-refractivity contribution is 6.44. The highest BCUT2D eigenvalue weighted by Crippen LogP contribution is 2.11. The van der Waals surface area contributed by atoms with Crippen LogP contribution in [0.15, 0.2) is 84.9 Å². The minimum absolute atomic E-state index is 0.0881. The summed E-state index contributed by atoms with van der Waals surface area (Å²) >= 11 is 0. The van der Waals surface area contributed by atoms with Crippen molar-refractivity contribution in [3.63, 3.8) is 0 Å². The third-order valence-electron chi connectivity index (χ3n) is 3.88. The van der Waals surface area contributed by atoms with E-state index in [0.717, 1.165) is 11.1 Å². The largest absolute Gasteiger partial charge is 0.361 e. The fourth-order valence-electron chi connectivity index (χ4n) is 2.56.